The lowest BCUT2D eigenvalue weighted by molar-refractivity contribution is 0.0947. The highest BCUT2D eigenvalue weighted by Gasteiger charge is 2.21. The number of likely N-dealkylation sites (tertiary alicyclic amines) is 1. The summed E-state index contributed by atoms with van der Waals surface area (Å²) in [5.74, 6) is 0.655. The van der Waals surface area contributed by atoms with Crippen LogP contribution in [0.2, 0.25) is 0 Å². The van der Waals surface area contributed by atoms with Crippen LogP contribution in [0, 0.1) is 5.92 Å². The van der Waals surface area contributed by atoms with Gasteiger partial charge in [-0.05, 0) is 49.5 Å². The molecule has 0 spiro atoms. The van der Waals surface area contributed by atoms with E-state index in [1.165, 1.54) is 18.5 Å². The first-order valence-electron chi connectivity index (χ1n) is 7.63. The van der Waals surface area contributed by atoms with Crippen LogP contribution in [0.4, 0.5) is 5.69 Å². The summed E-state index contributed by atoms with van der Waals surface area (Å²) < 4.78 is 0. The molecule has 2 aliphatic heterocycles. The van der Waals surface area contributed by atoms with E-state index < -0.39 is 0 Å². The lowest BCUT2D eigenvalue weighted by Crippen LogP contribution is -2.31. The molecule has 4 nitrogen and oxygen atoms in total. The summed E-state index contributed by atoms with van der Waals surface area (Å²) in [7, 11) is 0. The Labute approximate surface area is 120 Å². The first-order chi connectivity index (χ1) is 9.76. The van der Waals surface area contributed by atoms with Crippen molar-refractivity contribution in [1.29, 1.82) is 0 Å². The summed E-state index contributed by atoms with van der Waals surface area (Å²) >= 11 is 0. The third-order valence-corrected chi connectivity index (χ3v) is 4.45. The molecule has 1 unspecified atom stereocenters. The number of hydrogen-bond donors (Lipinski definition) is 2. The van der Waals surface area contributed by atoms with Crippen molar-refractivity contribution in [2.45, 2.75) is 19.8 Å². The number of anilines is 1. The molecule has 2 N–H and O–H groups in total. The number of carbonyl (C=O) groups is 1. The molecule has 108 valence electrons. The Morgan fingerprint density at radius 2 is 2.40 bits per heavy atom. The van der Waals surface area contributed by atoms with Crippen LogP contribution >= 0.6 is 0 Å². The van der Waals surface area contributed by atoms with E-state index in [-0.39, 0.29) is 5.91 Å². The minimum Gasteiger partial charge on any atom is -0.384 e. The molecule has 0 bridgehead atoms. The highest BCUT2D eigenvalue weighted by atomic mass is 16.1. The Hall–Kier alpha value is -1.55. The van der Waals surface area contributed by atoms with Crippen LogP contribution in [0.1, 0.15) is 29.3 Å². The molecule has 1 fully saturated rings. The van der Waals surface area contributed by atoms with Crippen LogP contribution in [0.25, 0.3) is 0 Å². The summed E-state index contributed by atoms with van der Waals surface area (Å²) in [5, 5.41) is 6.40. The van der Waals surface area contributed by atoms with Crippen LogP contribution in [0.3, 0.4) is 0 Å². The molecule has 0 radical (unpaired) electrons. The normalized spacial score (nSPS) is 21.6. The van der Waals surface area contributed by atoms with Gasteiger partial charge in [0.15, 0.2) is 0 Å². The van der Waals surface area contributed by atoms with Crippen LogP contribution in [0.15, 0.2) is 18.2 Å². The average molecular weight is 273 g/mol. The molecule has 1 amide bonds. The van der Waals surface area contributed by atoms with Crippen molar-refractivity contribution >= 4 is 11.6 Å². The molecule has 0 aliphatic carbocycles. The number of nitrogens with zero attached hydrogens (tertiary/aromatic N) is 1. The van der Waals surface area contributed by atoms with Gasteiger partial charge < -0.3 is 15.5 Å². The molecule has 20 heavy (non-hydrogen) atoms. The maximum atomic E-state index is 12.2. The van der Waals surface area contributed by atoms with Gasteiger partial charge in [-0.25, -0.2) is 0 Å². The maximum Gasteiger partial charge on any atom is 0.251 e. The second kappa shape index (κ2) is 5.83. The van der Waals surface area contributed by atoms with Crippen molar-refractivity contribution in [2.75, 3.05) is 38.0 Å². The zero-order valence-electron chi connectivity index (χ0n) is 12.1. The predicted molar refractivity (Wildman–Crippen MR) is 81.2 cm³/mol. The number of fused-ring (bicyclic) bond motifs is 1. The number of benzene rings is 1. The van der Waals surface area contributed by atoms with Crippen molar-refractivity contribution < 1.29 is 4.79 Å². The van der Waals surface area contributed by atoms with E-state index in [9.17, 15) is 4.79 Å². The first-order valence-corrected chi connectivity index (χ1v) is 7.63. The fourth-order valence-corrected chi connectivity index (χ4v) is 3.14. The molecular formula is C16H23N3O. The number of amides is 1. The molecule has 2 aliphatic rings. The smallest absolute Gasteiger partial charge is 0.251 e. The van der Waals surface area contributed by atoms with Gasteiger partial charge in [-0.1, -0.05) is 13.0 Å². The minimum absolute atomic E-state index is 0.0523. The number of nitrogens with one attached hydrogen (secondary N) is 2. The second-order valence-electron chi connectivity index (χ2n) is 5.81. The second-order valence-corrected chi connectivity index (χ2v) is 5.81. The van der Waals surface area contributed by atoms with Crippen molar-refractivity contribution in [3.63, 3.8) is 0 Å². The molecule has 1 aromatic carbocycles. The Balaban J connectivity index is 1.54. The van der Waals surface area contributed by atoms with Gasteiger partial charge >= 0.3 is 0 Å². The van der Waals surface area contributed by atoms with Gasteiger partial charge in [0.2, 0.25) is 0 Å². The largest absolute Gasteiger partial charge is 0.384 e. The van der Waals surface area contributed by atoms with Crippen molar-refractivity contribution in [3.05, 3.63) is 29.3 Å². The van der Waals surface area contributed by atoms with Crippen molar-refractivity contribution in [1.82, 2.24) is 10.2 Å². The van der Waals surface area contributed by atoms with Gasteiger partial charge in [0, 0.05) is 30.9 Å². The van der Waals surface area contributed by atoms with Crippen LogP contribution < -0.4 is 10.6 Å². The van der Waals surface area contributed by atoms with E-state index in [0.717, 1.165) is 43.9 Å². The van der Waals surface area contributed by atoms with E-state index >= 15 is 0 Å². The van der Waals surface area contributed by atoms with Gasteiger partial charge in [0.05, 0.1) is 0 Å². The predicted octanol–water partition coefficient (Wildman–Crippen LogP) is 1.73. The van der Waals surface area contributed by atoms with Crippen LogP contribution in [-0.2, 0) is 6.42 Å². The van der Waals surface area contributed by atoms with E-state index in [4.69, 9.17) is 0 Å². The zero-order chi connectivity index (χ0) is 13.9. The zero-order valence-corrected chi connectivity index (χ0v) is 12.1. The van der Waals surface area contributed by atoms with Crippen LogP contribution in [0.5, 0.6) is 0 Å². The topological polar surface area (TPSA) is 44.4 Å². The fourth-order valence-electron chi connectivity index (χ4n) is 3.14. The third-order valence-electron chi connectivity index (χ3n) is 4.45. The number of carbonyl (C=O) groups excluding carboxylic acids is 1. The standard InChI is InChI=1S/C16H23N3O/c1-2-19-8-6-12(11-19)10-18-16(20)14-4-3-13-5-7-17-15(13)9-14/h3-4,9,12,17H,2,5-8,10-11H2,1H3,(H,18,20). The van der Waals surface area contributed by atoms with E-state index in [1.54, 1.807) is 0 Å². The molecule has 0 saturated carbocycles. The highest BCUT2D eigenvalue weighted by Crippen LogP contribution is 2.23. The van der Waals surface area contributed by atoms with Gasteiger partial charge in [0.25, 0.3) is 5.91 Å². The molecule has 1 aromatic rings. The van der Waals surface area contributed by atoms with Gasteiger partial charge in [-0.2, -0.15) is 0 Å². The lowest BCUT2D eigenvalue weighted by atomic mass is 10.1. The summed E-state index contributed by atoms with van der Waals surface area (Å²) in [6.45, 7) is 7.36. The summed E-state index contributed by atoms with van der Waals surface area (Å²) in [5.41, 5.74) is 3.20. The van der Waals surface area contributed by atoms with Gasteiger partial charge in [0.1, 0.15) is 0 Å². The third kappa shape index (κ3) is 2.80. The SMILES string of the molecule is CCN1CCC(CNC(=O)c2ccc3c(c2)NCC3)C1. The molecule has 0 aromatic heterocycles. The molecule has 2 heterocycles. The van der Waals surface area contributed by atoms with Crippen molar-refractivity contribution in [2.24, 2.45) is 5.92 Å². The summed E-state index contributed by atoms with van der Waals surface area (Å²) in [6, 6.07) is 5.98. The number of hydrogen-bond acceptors (Lipinski definition) is 3. The average Bonchev–Trinajstić information content (AvgIpc) is 3.12. The maximum absolute atomic E-state index is 12.2. The molecule has 1 saturated heterocycles. The van der Waals surface area contributed by atoms with Crippen molar-refractivity contribution in [3.8, 4) is 0 Å². The summed E-state index contributed by atoms with van der Waals surface area (Å²) in [6.07, 6.45) is 2.26. The summed E-state index contributed by atoms with van der Waals surface area (Å²) in [4.78, 5) is 14.6. The molecular weight excluding hydrogens is 250 g/mol. The Morgan fingerprint density at radius 3 is 3.20 bits per heavy atom. The Bertz CT molecular complexity index is 500. The fraction of sp³-hybridized carbons (Fsp3) is 0.562. The van der Waals surface area contributed by atoms with E-state index in [0.29, 0.717) is 5.92 Å². The molecule has 4 heteroatoms. The van der Waals surface area contributed by atoms with E-state index in [2.05, 4.69) is 28.5 Å². The van der Waals surface area contributed by atoms with Crippen LogP contribution in [-0.4, -0.2) is 43.5 Å². The molecule has 3 rings (SSSR count). The van der Waals surface area contributed by atoms with Gasteiger partial charge in [-0.15, -0.1) is 0 Å². The van der Waals surface area contributed by atoms with E-state index in [1.807, 2.05) is 12.1 Å². The Morgan fingerprint density at radius 1 is 1.50 bits per heavy atom. The number of rotatable bonds is 4. The van der Waals surface area contributed by atoms with Gasteiger partial charge in [-0.3, -0.25) is 4.79 Å². The quantitative estimate of drug-likeness (QED) is 0.878. The monoisotopic (exact) mass is 273 g/mol. The minimum atomic E-state index is 0.0523. The highest BCUT2D eigenvalue weighted by molar-refractivity contribution is 5.95. The Kier molecular flexibility index (Phi) is 3.92. The lowest BCUT2D eigenvalue weighted by Gasteiger charge is -2.14. The molecule has 1 atom stereocenters. The first kappa shape index (κ1) is 13.4.